The monoisotopic (exact) mass is 519 g/mol. The number of likely N-dealkylation sites (N-methyl/N-ethyl adjacent to an activating group) is 1. The predicted molar refractivity (Wildman–Crippen MR) is 136 cm³/mol. The molecule has 1 N–H and O–H groups in total. The lowest BCUT2D eigenvalue weighted by Crippen LogP contribution is -2.52. The van der Waals surface area contributed by atoms with Gasteiger partial charge < -0.3 is 24.4 Å². The van der Waals surface area contributed by atoms with Gasteiger partial charge in [0.25, 0.3) is 0 Å². The van der Waals surface area contributed by atoms with Crippen molar-refractivity contribution in [3.05, 3.63) is 48.0 Å². The van der Waals surface area contributed by atoms with Crippen LogP contribution in [0.5, 0.6) is 17.2 Å². The van der Waals surface area contributed by atoms with Crippen LogP contribution in [0, 0.1) is 0 Å². The number of ether oxygens (including phenoxy) is 3. The Bertz CT molecular complexity index is 1170. The van der Waals surface area contributed by atoms with Crippen LogP contribution in [0.2, 0.25) is 0 Å². The van der Waals surface area contributed by atoms with Crippen molar-refractivity contribution >= 4 is 27.5 Å². The van der Waals surface area contributed by atoms with E-state index in [4.69, 9.17) is 14.2 Å². The molecule has 2 amide bonds. The number of nitrogens with zero attached hydrogens (tertiary/aromatic N) is 2. The van der Waals surface area contributed by atoms with Crippen LogP contribution in [-0.2, 0) is 26.2 Å². The lowest BCUT2D eigenvalue weighted by atomic mass is 10.1. The molecule has 1 aliphatic rings. The molecular weight excluding hydrogens is 486 g/mol. The molecule has 0 aliphatic carbocycles. The minimum Gasteiger partial charge on any atom is -0.497 e. The number of anilines is 1. The average Bonchev–Trinajstić information content (AvgIpc) is 2.91. The second kappa shape index (κ2) is 12.0. The Morgan fingerprint density at radius 3 is 2.31 bits per heavy atom. The maximum Gasteiger partial charge on any atom is 0.244 e. The molecule has 10 nitrogen and oxygen atoms in total. The van der Waals surface area contributed by atoms with Crippen LogP contribution in [0.15, 0.2) is 42.5 Å². The fourth-order valence-corrected chi connectivity index (χ4v) is 4.97. The number of sulfonamides is 1. The van der Waals surface area contributed by atoms with Crippen LogP contribution in [0.1, 0.15) is 25.8 Å². The van der Waals surface area contributed by atoms with Gasteiger partial charge in [0.1, 0.15) is 31.5 Å². The highest BCUT2D eigenvalue weighted by atomic mass is 32.2. The zero-order valence-corrected chi connectivity index (χ0v) is 21.8. The number of nitrogens with one attached hydrogen (secondary N) is 1. The number of hydrogen-bond donors (Lipinski definition) is 1. The van der Waals surface area contributed by atoms with Crippen molar-refractivity contribution in [2.75, 3.05) is 44.0 Å². The van der Waals surface area contributed by atoms with Crippen LogP contribution in [0.4, 0.5) is 5.69 Å². The summed E-state index contributed by atoms with van der Waals surface area (Å²) in [5.74, 6) is 0.539. The van der Waals surface area contributed by atoms with Crippen molar-refractivity contribution in [3.8, 4) is 17.2 Å². The number of fused-ring (bicyclic) bond motifs is 1. The molecule has 1 unspecified atom stereocenters. The molecule has 2 aromatic carbocycles. The highest BCUT2D eigenvalue weighted by Crippen LogP contribution is 2.35. The molecule has 0 saturated heterocycles. The van der Waals surface area contributed by atoms with E-state index >= 15 is 0 Å². The van der Waals surface area contributed by atoms with Gasteiger partial charge in [0.2, 0.25) is 21.8 Å². The smallest absolute Gasteiger partial charge is 0.244 e. The minimum atomic E-state index is -3.84. The second-order valence-corrected chi connectivity index (χ2v) is 10.3. The molecule has 0 fully saturated rings. The standard InChI is InChI=1S/C25H33N3O7S/c1-5-21(25(30)26-3)27(16-18-7-10-20(33-4)11-8-18)24(29)17-28(36(31,32)6-2)19-9-12-22-23(15-19)35-14-13-34-22/h7-12,15,21H,5-6,13-14,16-17H2,1-4H3,(H,26,30). The van der Waals surface area contributed by atoms with Gasteiger partial charge in [-0.2, -0.15) is 0 Å². The summed E-state index contributed by atoms with van der Waals surface area (Å²) in [6.07, 6.45) is 0.353. The summed E-state index contributed by atoms with van der Waals surface area (Å²) in [6.45, 7) is 3.71. The largest absolute Gasteiger partial charge is 0.497 e. The maximum atomic E-state index is 13.7. The van der Waals surface area contributed by atoms with Gasteiger partial charge >= 0.3 is 0 Å². The van der Waals surface area contributed by atoms with E-state index in [1.807, 2.05) is 0 Å². The van der Waals surface area contributed by atoms with E-state index in [1.54, 1.807) is 56.5 Å². The van der Waals surface area contributed by atoms with Crippen LogP contribution in [0.25, 0.3) is 0 Å². The van der Waals surface area contributed by atoms with E-state index in [0.717, 1.165) is 9.87 Å². The Labute approximate surface area is 212 Å². The van der Waals surface area contributed by atoms with Crippen LogP contribution >= 0.6 is 0 Å². The van der Waals surface area contributed by atoms with Crippen molar-refractivity contribution in [1.82, 2.24) is 10.2 Å². The minimum absolute atomic E-state index is 0.121. The number of carbonyl (C=O) groups is 2. The van der Waals surface area contributed by atoms with Gasteiger partial charge in [0.05, 0.1) is 18.6 Å². The zero-order chi connectivity index (χ0) is 26.3. The maximum absolute atomic E-state index is 13.7. The number of carbonyl (C=O) groups excluding carboxylic acids is 2. The lowest BCUT2D eigenvalue weighted by Gasteiger charge is -2.33. The Hall–Kier alpha value is -3.47. The molecule has 0 spiro atoms. The molecule has 1 atom stereocenters. The quantitative estimate of drug-likeness (QED) is 0.484. The first kappa shape index (κ1) is 27.1. The van der Waals surface area contributed by atoms with Gasteiger partial charge in [-0.05, 0) is 43.2 Å². The van der Waals surface area contributed by atoms with E-state index in [1.165, 1.54) is 18.9 Å². The van der Waals surface area contributed by atoms with Gasteiger partial charge in [0.15, 0.2) is 11.5 Å². The van der Waals surface area contributed by atoms with Crippen molar-refractivity contribution in [2.24, 2.45) is 0 Å². The topological polar surface area (TPSA) is 114 Å². The molecule has 0 saturated carbocycles. The molecule has 0 radical (unpaired) electrons. The van der Waals surface area contributed by atoms with Gasteiger partial charge in [0, 0.05) is 19.7 Å². The summed E-state index contributed by atoms with van der Waals surface area (Å²) < 4.78 is 43.6. The van der Waals surface area contributed by atoms with Crippen LogP contribution in [-0.4, -0.2) is 70.8 Å². The fraction of sp³-hybridized carbons (Fsp3) is 0.440. The normalized spacial score (nSPS) is 13.4. The number of hydrogen-bond acceptors (Lipinski definition) is 7. The molecular formula is C25H33N3O7S. The first-order valence-electron chi connectivity index (χ1n) is 11.8. The third-order valence-corrected chi connectivity index (χ3v) is 7.68. The van der Waals surface area contributed by atoms with Crippen molar-refractivity contribution in [2.45, 2.75) is 32.9 Å². The molecule has 3 rings (SSSR count). The molecule has 0 bridgehead atoms. The van der Waals surface area contributed by atoms with Crippen LogP contribution in [0.3, 0.4) is 0 Å². The summed E-state index contributed by atoms with van der Waals surface area (Å²) in [5, 5.41) is 2.60. The van der Waals surface area contributed by atoms with Gasteiger partial charge in [-0.15, -0.1) is 0 Å². The molecule has 2 aromatic rings. The number of methoxy groups -OCH3 is 1. The Kier molecular flexibility index (Phi) is 9.03. The van der Waals surface area contributed by atoms with E-state index in [0.29, 0.717) is 36.9 Å². The molecule has 1 aliphatic heterocycles. The second-order valence-electron chi connectivity index (χ2n) is 8.14. The van der Waals surface area contributed by atoms with E-state index in [2.05, 4.69) is 5.32 Å². The molecule has 0 aromatic heterocycles. The van der Waals surface area contributed by atoms with Crippen molar-refractivity contribution in [1.29, 1.82) is 0 Å². The first-order chi connectivity index (χ1) is 17.2. The average molecular weight is 520 g/mol. The van der Waals surface area contributed by atoms with Crippen molar-refractivity contribution in [3.63, 3.8) is 0 Å². The summed E-state index contributed by atoms with van der Waals surface area (Å²) >= 11 is 0. The summed E-state index contributed by atoms with van der Waals surface area (Å²) in [5.41, 5.74) is 1.06. The van der Waals surface area contributed by atoms with E-state index in [9.17, 15) is 18.0 Å². The third-order valence-electron chi connectivity index (χ3n) is 5.94. The van der Waals surface area contributed by atoms with Gasteiger partial charge in [-0.1, -0.05) is 19.1 Å². The van der Waals surface area contributed by atoms with Crippen LogP contribution < -0.4 is 23.8 Å². The third kappa shape index (κ3) is 6.20. The Morgan fingerprint density at radius 2 is 1.72 bits per heavy atom. The summed E-state index contributed by atoms with van der Waals surface area (Å²) in [4.78, 5) is 27.8. The molecule has 11 heteroatoms. The number of amides is 2. The molecule has 196 valence electrons. The predicted octanol–water partition coefficient (Wildman–Crippen LogP) is 2.18. The SMILES string of the molecule is CCC(C(=O)NC)N(Cc1ccc(OC)cc1)C(=O)CN(c1ccc2c(c1)OCCO2)S(=O)(=O)CC. The van der Waals surface area contributed by atoms with Gasteiger partial charge in [-0.25, -0.2) is 8.42 Å². The highest BCUT2D eigenvalue weighted by molar-refractivity contribution is 7.92. The summed E-state index contributed by atoms with van der Waals surface area (Å²) in [7, 11) is -0.772. The highest BCUT2D eigenvalue weighted by Gasteiger charge is 2.32. The zero-order valence-electron chi connectivity index (χ0n) is 21.0. The fourth-order valence-electron chi connectivity index (χ4n) is 3.92. The number of rotatable bonds is 11. The van der Waals surface area contributed by atoms with Gasteiger partial charge in [-0.3, -0.25) is 13.9 Å². The number of benzene rings is 2. The molecule has 36 heavy (non-hydrogen) atoms. The lowest BCUT2D eigenvalue weighted by molar-refractivity contribution is -0.140. The van der Waals surface area contributed by atoms with E-state index in [-0.39, 0.29) is 23.9 Å². The Balaban J connectivity index is 1.96. The molecule has 1 heterocycles. The van der Waals surface area contributed by atoms with E-state index < -0.39 is 28.5 Å². The van der Waals surface area contributed by atoms with Crippen molar-refractivity contribution < 1.29 is 32.2 Å². The first-order valence-corrected chi connectivity index (χ1v) is 13.4. The summed E-state index contributed by atoms with van der Waals surface area (Å²) in [6, 6.07) is 11.1. The Morgan fingerprint density at radius 1 is 1.06 bits per heavy atom.